The summed E-state index contributed by atoms with van der Waals surface area (Å²) in [5, 5.41) is 10.5. The van der Waals surface area contributed by atoms with Crippen molar-refractivity contribution in [3.8, 4) is 5.88 Å². The van der Waals surface area contributed by atoms with E-state index < -0.39 is 4.92 Å². The highest BCUT2D eigenvalue weighted by molar-refractivity contribution is 5.45. The smallest absolute Gasteiger partial charge is 0.278 e. The van der Waals surface area contributed by atoms with Gasteiger partial charge in [0.25, 0.3) is 5.69 Å². The molecule has 0 atom stereocenters. The number of hydrogen-bond acceptors (Lipinski definition) is 6. The van der Waals surface area contributed by atoms with Crippen molar-refractivity contribution in [1.82, 2.24) is 4.98 Å². The molecule has 0 unspecified atom stereocenters. The van der Waals surface area contributed by atoms with Crippen LogP contribution in [0.3, 0.4) is 0 Å². The van der Waals surface area contributed by atoms with Gasteiger partial charge in [0, 0.05) is 7.11 Å². The predicted molar refractivity (Wildman–Crippen MR) is 52.7 cm³/mol. The molecule has 0 radical (unpaired) electrons. The van der Waals surface area contributed by atoms with Crippen LogP contribution in [0, 0.1) is 10.1 Å². The van der Waals surface area contributed by atoms with E-state index in [2.05, 4.69) is 4.98 Å². The highest BCUT2D eigenvalue weighted by Gasteiger charge is 2.10. The second-order valence-corrected chi connectivity index (χ2v) is 2.69. The summed E-state index contributed by atoms with van der Waals surface area (Å²) in [5.74, 6) is 0.176. The molecule has 0 fully saturated rings. The summed E-state index contributed by atoms with van der Waals surface area (Å²) in [6.45, 7) is 0.647. The highest BCUT2D eigenvalue weighted by atomic mass is 16.6. The zero-order valence-electron chi connectivity index (χ0n) is 8.17. The first-order valence-electron chi connectivity index (χ1n) is 4.17. The molecule has 1 aromatic rings. The first-order chi connectivity index (χ1) is 7.13. The van der Waals surface area contributed by atoms with Crippen LogP contribution in [0.15, 0.2) is 12.1 Å². The quantitative estimate of drug-likeness (QED) is 0.436. The molecular weight excluding hydrogens is 202 g/mol. The number of nitrogen functional groups attached to an aromatic ring is 1. The number of anilines is 1. The zero-order valence-corrected chi connectivity index (χ0v) is 8.17. The lowest BCUT2D eigenvalue weighted by Crippen LogP contribution is -2.06. The third-order valence-corrected chi connectivity index (χ3v) is 1.55. The second kappa shape index (κ2) is 5.11. The van der Waals surface area contributed by atoms with Gasteiger partial charge in [0.05, 0.1) is 23.7 Å². The van der Waals surface area contributed by atoms with Gasteiger partial charge in [-0.1, -0.05) is 0 Å². The molecule has 2 N–H and O–H groups in total. The van der Waals surface area contributed by atoms with Crippen LogP contribution in [0.4, 0.5) is 11.5 Å². The number of rotatable bonds is 5. The van der Waals surface area contributed by atoms with Crippen LogP contribution in [-0.4, -0.2) is 30.2 Å². The minimum atomic E-state index is -0.554. The molecule has 0 aliphatic rings. The molecule has 0 saturated heterocycles. The summed E-state index contributed by atoms with van der Waals surface area (Å²) in [7, 11) is 1.53. The summed E-state index contributed by atoms with van der Waals surface area (Å²) in [5.41, 5.74) is 5.23. The number of nitro groups is 1. The van der Waals surface area contributed by atoms with Gasteiger partial charge in [0.15, 0.2) is 0 Å². The van der Waals surface area contributed by atoms with Crippen molar-refractivity contribution >= 4 is 11.5 Å². The fourth-order valence-electron chi connectivity index (χ4n) is 0.920. The summed E-state index contributed by atoms with van der Waals surface area (Å²) < 4.78 is 9.85. The maximum atomic E-state index is 10.5. The lowest BCUT2D eigenvalue weighted by molar-refractivity contribution is -0.384. The number of hydrogen-bond donors (Lipinski definition) is 1. The van der Waals surface area contributed by atoms with E-state index in [0.717, 1.165) is 0 Å². The van der Waals surface area contributed by atoms with E-state index in [1.54, 1.807) is 0 Å². The third-order valence-electron chi connectivity index (χ3n) is 1.55. The summed E-state index contributed by atoms with van der Waals surface area (Å²) >= 11 is 0. The molecule has 15 heavy (non-hydrogen) atoms. The van der Waals surface area contributed by atoms with Crippen LogP contribution in [0.2, 0.25) is 0 Å². The standard InChI is InChI=1S/C8H11N3O4/c1-14-2-3-15-8-5-6(11(12)13)4-7(9)10-8/h4-5H,2-3H2,1H3,(H2,9,10). The minimum Gasteiger partial charge on any atom is -0.475 e. The average molecular weight is 213 g/mol. The predicted octanol–water partition coefficient (Wildman–Crippen LogP) is 0.597. The van der Waals surface area contributed by atoms with E-state index in [9.17, 15) is 10.1 Å². The first-order valence-corrected chi connectivity index (χ1v) is 4.17. The third kappa shape index (κ3) is 3.39. The molecule has 1 rings (SSSR count). The lowest BCUT2D eigenvalue weighted by atomic mass is 10.4. The number of ether oxygens (including phenoxy) is 2. The Morgan fingerprint density at radius 2 is 2.27 bits per heavy atom. The average Bonchev–Trinajstić information content (AvgIpc) is 2.17. The maximum absolute atomic E-state index is 10.5. The van der Waals surface area contributed by atoms with E-state index >= 15 is 0 Å². The maximum Gasteiger partial charge on any atom is 0.278 e. The molecule has 0 aliphatic carbocycles. The SMILES string of the molecule is COCCOc1cc([N+](=O)[O-])cc(N)n1. The minimum absolute atomic E-state index is 0.0524. The van der Waals surface area contributed by atoms with Crippen molar-refractivity contribution in [1.29, 1.82) is 0 Å². The summed E-state index contributed by atoms with van der Waals surface area (Å²) in [6, 6.07) is 2.38. The monoisotopic (exact) mass is 213 g/mol. The number of aromatic nitrogens is 1. The Labute approximate surface area is 86.0 Å². The van der Waals surface area contributed by atoms with Gasteiger partial charge in [0.2, 0.25) is 5.88 Å². The van der Waals surface area contributed by atoms with Crippen LogP contribution in [0.5, 0.6) is 5.88 Å². The van der Waals surface area contributed by atoms with E-state index in [0.29, 0.717) is 6.61 Å². The van der Waals surface area contributed by atoms with E-state index in [1.165, 1.54) is 19.2 Å². The van der Waals surface area contributed by atoms with Crippen molar-refractivity contribution in [2.24, 2.45) is 0 Å². The van der Waals surface area contributed by atoms with E-state index in [-0.39, 0.29) is 24.0 Å². The van der Waals surface area contributed by atoms with Crippen LogP contribution < -0.4 is 10.5 Å². The Kier molecular flexibility index (Phi) is 3.81. The van der Waals surface area contributed by atoms with Gasteiger partial charge in [-0.05, 0) is 0 Å². The largest absolute Gasteiger partial charge is 0.475 e. The number of nitrogens with two attached hydrogens (primary N) is 1. The van der Waals surface area contributed by atoms with Crippen molar-refractivity contribution in [2.45, 2.75) is 0 Å². The Morgan fingerprint density at radius 3 is 2.87 bits per heavy atom. The van der Waals surface area contributed by atoms with Crippen molar-refractivity contribution in [3.63, 3.8) is 0 Å². The molecule has 0 saturated carbocycles. The fourth-order valence-corrected chi connectivity index (χ4v) is 0.920. The van der Waals surface area contributed by atoms with Gasteiger partial charge >= 0.3 is 0 Å². The van der Waals surface area contributed by atoms with Crippen LogP contribution >= 0.6 is 0 Å². The Balaban J connectivity index is 2.75. The molecule has 1 aromatic heterocycles. The fraction of sp³-hybridized carbons (Fsp3) is 0.375. The van der Waals surface area contributed by atoms with Crippen LogP contribution in [0.1, 0.15) is 0 Å². The Bertz CT molecular complexity index is 356. The van der Waals surface area contributed by atoms with E-state index in [4.69, 9.17) is 15.2 Å². The zero-order chi connectivity index (χ0) is 11.3. The van der Waals surface area contributed by atoms with Gasteiger partial charge < -0.3 is 15.2 Å². The summed E-state index contributed by atoms with van der Waals surface area (Å²) in [6.07, 6.45) is 0. The van der Waals surface area contributed by atoms with Crippen molar-refractivity contribution in [2.75, 3.05) is 26.1 Å². The molecule has 0 aromatic carbocycles. The van der Waals surface area contributed by atoms with Gasteiger partial charge in [-0.15, -0.1) is 0 Å². The summed E-state index contributed by atoms with van der Waals surface area (Å²) in [4.78, 5) is 13.7. The number of nitrogens with zero attached hydrogens (tertiary/aromatic N) is 2. The van der Waals surface area contributed by atoms with Gasteiger partial charge in [-0.25, -0.2) is 0 Å². The molecule has 7 nitrogen and oxygen atoms in total. The molecule has 0 amide bonds. The van der Waals surface area contributed by atoms with Crippen molar-refractivity contribution < 1.29 is 14.4 Å². The van der Waals surface area contributed by atoms with Gasteiger partial charge in [0.1, 0.15) is 12.4 Å². The normalized spacial score (nSPS) is 9.93. The second-order valence-electron chi connectivity index (χ2n) is 2.69. The molecule has 0 aliphatic heterocycles. The molecule has 7 heteroatoms. The van der Waals surface area contributed by atoms with E-state index in [1.807, 2.05) is 0 Å². The Hall–Kier alpha value is -1.89. The Morgan fingerprint density at radius 1 is 1.53 bits per heavy atom. The van der Waals surface area contributed by atoms with Crippen LogP contribution in [0.25, 0.3) is 0 Å². The van der Waals surface area contributed by atoms with Gasteiger partial charge in [-0.3, -0.25) is 10.1 Å². The van der Waals surface area contributed by atoms with Crippen molar-refractivity contribution in [3.05, 3.63) is 22.2 Å². The van der Waals surface area contributed by atoms with Gasteiger partial charge in [-0.2, -0.15) is 4.98 Å². The number of pyridine rings is 1. The molecular formula is C8H11N3O4. The molecule has 1 heterocycles. The lowest BCUT2D eigenvalue weighted by Gasteiger charge is -2.04. The highest BCUT2D eigenvalue weighted by Crippen LogP contribution is 2.20. The molecule has 82 valence electrons. The molecule has 0 bridgehead atoms. The van der Waals surface area contributed by atoms with Crippen LogP contribution in [-0.2, 0) is 4.74 Å². The number of methoxy groups -OCH3 is 1. The molecule has 0 spiro atoms. The first kappa shape index (κ1) is 11.2. The topological polar surface area (TPSA) is 101 Å².